The standard InChI is InChI=1S/C14H24N2O/c17-14-7-8-15(13-3-1-2-4-13)9-10-16(14)11-12-5-6-12/h12-13H,1-11H2. The van der Waals surface area contributed by atoms with Gasteiger partial charge in [-0.2, -0.15) is 0 Å². The summed E-state index contributed by atoms with van der Waals surface area (Å²) in [5.41, 5.74) is 0. The summed E-state index contributed by atoms with van der Waals surface area (Å²) in [4.78, 5) is 16.7. The fraction of sp³-hybridized carbons (Fsp3) is 0.929. The molecule has 1 aliphatic heterocycles. The average Bonchev–Trinajstić information content (AvgIpc) is 3.03. The predicted molar refractivity (Wildman–Crippen MR) is 67.8 cm³/mol. The molecule has 2 aliphatic carbocycles. The zero-order valence-corrected chi connectivity index (χ0v) is 10.7. The molecule has 3 nitrogen and oxygen atoms in total. The van der Waals surface area contributed by atoms with Gasteiger partial charge in [0.2, 0.25) is 5.91 Å². The minimum absolute atomic E-state index is 0.400. The first-order valence-electron chi connectivity index (χ1n) is 7.35. The smallest absolute Gasteiger partial charge is 0.223 e. The number of hydrogen-bond donors (Lipinski definition) is 0. The van der Waals surface area contributed by atoms with Gasteiger partial charge in [0, 0.05) is 38.6 Å². The van der Waals surface area contributed by atoms with E-state index < -0.39 is 0 Å². The summed E-state index contributed by atoms with van der Waals surface area (Å²) in [6, 6.07) is 0.781. The minimum atomic E-state index is 0.400. The van der Waals surface area contributed by atoms with Crippen molar-refractivity contribution in [2.24, 2.45) is 5.92 Å². The van der Waals surface area contributed by atoms with Crippen molar-refractivity contribution in [3.63, 3.8) is 0 Å². The second-order valence-electron chi connectivity index (χ2n) is 6.01. The van der Waals surface area contributed by atoms with Gasteiger partial charge >= 0.3 is 0 Å². The van der Waals surface area contributed by atoms with Crippen LogP contribution in [-0.4, -0.2) is 47.9 Å². The van der Waals surface area contributed by atoms with Crippen LogP contribution in [0.4, 0.5) is 0 Å². The van der Waals surface area contributed by atoms with Crippen molar-refractivity contribution < 1.29 is 4.79 Å². The highest BCUT2D eigenvalue weighted by atomic mass is 16.2. The topological polar surface area (TPSA) is 23.6 Å². The van der Waals surface area contributed by atoms with E-state index in [9.17, 15) is 4.79 Å². The Balaban J connectivity index is 1.55. The Morgan fingerprint density at radius 3 is 2.47 bits per heavy atom. The summed E-state index contributed by atoms with van der Waals surface area (Å²) >= 11 is 0. The minimum Gasteiger partial charge on any atom is -0.341 e. The third-order valence-electron chi connectivity index (χ3n) is 4.64. The first-order chi connectivity index (χ1) is 8.33. The van der Waals surface area contributed by atoms with Gasteiger partial charge < -0.3 is 4.90 Å². The molecule has 3 rings (SSSR count). The fourth-order valence-electron chi connectivity index (χ4n) is 3.32. The van der Waals surface area contributed by atoms with Crippen molar-refractivity contribution in [2.75, 3.05) is 26.2 Å². The lowest BCUT2D eigenvalue weighted by molar-refractivity contribution is -0.130. The largest absolute Gasteiger partial charge is 0.341 e. The molecule has 0 aromatic rings. The molecule has 3 heteroatoms. The van der Waals surface area contributed by atoms with Crippen molar-refractivity contribution in [3.05, 3.63) is 0 Å². The fourth-order valence-corrected chi connectivity index (χ4v) is 3.32. The molecule has 3 aliphatic rings. The van der Waals surface area contributed by atoms with E-state index in [1.807, 2.05) is 0 Å². The molecule has 0 spiro atoms. The molecule has 2 saturated carbocycles. The Morgan fingerprint density at radius 2 is 1.76 bits per heavy atom. The maximum absolute atomic E-state index is 12.0. The molecular formula is C14H24N2O. The zero-order chi connectivity index (χ0) is 11.7. The molecule has 3 fully saturated rings. The van der Waals surface area contributed by atoms with E-state index in [0.717, 1.165) is 44.6 Å². The molecule has 1 heterocycles. The third-order valence-corrected chi connectivity index (χ3v) is 4.64. The van der Waals surface area contributed by atoms with Crippen LogP contribution in [-0.2, 0) is 4.79 Å². The third kappa shape index (κ3) is 2.82. The summed E-state index contributed by atoms with van der Waals surface area (Å²) in [7, 11) is 0. The summed E-state index contributed by atoms with van der Waals surface area (Å²) in [6.07, 6.45) is 8.94. The molecular weight excluding hydrogens is 212 g/mol. The normalized spacial score (nSPS) is 28.7. The number of amides is 1. The molecule has 1 amide bonds. The highest BCUT2D eigenvalue weighted by Crippen LogP contribution is 2.30. The van der Waals surface area contributed by atoms with Crippen molar-refractivity contribution in [1.29, 1.82) is 0 Å². The van der Waals surface area contributed by atoms with Crippen LogP contribution in [0.25, 0.3) is 0 Å². The zero-order valence-electron chi connectivity index (χ0n) is 10.7. The molecule has 0 N–H and O–H groups in total. The summed E-state index contributed by atoms with van der Waals surface area (Å²) in [6.45, 7) is 4.14. The van der Waals surface area contributed by atoms with Gasteiger partial charge in [-0.25, -0.2) is 0 Å². The van der Waals surface area contributed by atoms with E-state index in [1.165, 1.54) is 38.5 Å². The number of carbonyl (C=O) groups is 1. The van der Waals surface area contributed by atoms with E-state index in [4.69, 9.17) is 0 Å². The van der Waals surface area contributed by atoms with Gasteiger partial charge in [0.1, 0.15) is 0 Å². The van der Waals surface area contributed by atoms with Crippen molar-refractivity contribution >= 4 is 5.91 Å². The van der Waals surface area contributed by atoms with E-state index in [0.29, 0.717) is 5.91 Å². The number of nitrogens with zero attached hydrogens (tertiary/aromatic N) is 2. The molecule has 0 aromatic heterocycles. The van der Waals surface area contributed by atoms with Gasteiger partial charge in [-0.1, -0.05) is 12.8 Å². The predicted octanol–water partition coefficient (Wildman–Crippen LogP) is 1.87. The van der Waals surface area contributed by atoms with Crippen LogP contribution < -0.4 is 0 Å². The van der Waals surface area contributed by atoms with Crippen LogP contribution >= 0.6 is 0 Å². The summed E-state index contributed by atoms with van der Waals surface area (Å²) in [5, 5.41) is 0. The van der Waals surface area contributed by atoms with Crippen LogP contribution in [0.3, 0.4) is 0 Å². The Bertz CT molecular complexity index is 282. The quantitative estimate of drug-likeness (QED) is 0.747. The Morgan fingerprint density at radius 1 is 1.00 bits per heavy atom. The van der Waals surface area contributed by atoms with Gasteiger partial charge in [0.15, 0.2) is 0 Å². The molecule has 0 unspecified atom stereocenters. The van der Waals surface area contributed by atoms with Crippen LogP contribution in [0.1, 0.15) is 44.9 Å². The second kappa shape index (κ2) is 4.97. The molecule has 0 bridgehead atoms. The van der Waals surface area contributed by atoms with E-state index in [-0.39, 0.29) is 0 Å². The lowest BCUT2D eigenvalue weighted by atomic mass is 10.2. The SMILES string of the molecule is O=C1CCN(C2CCCC2)CCN1CC1CC1. The average molecular weight is 236 g/mol. The summed E-state index contributed by atoms with van der Waals surface area (Å²) in [5.74, 6) is 1.23. The Hall–Kier alpha value is -0.570. The molecule has 1 saturated heterocycles. The van der Waals surface area contributed by atoms with Gasteiger partial charge in [-0.05, 0) is 31.6 Å². The van der Waals surface area contributed by atoms with Crippen LogP contribution in [0.15, 0.2) is 0 Å². The van der Waals surface area contributed by atoms with Crippen LogP contribution in [0, 0.1) is 5.92 Å². The molecule has 0 aromatic carbocycles. The van der Waals surface area contributed by atoms with Crippen LogP contribution in [0.5, 0.6) is 0 Å². The van der Waals surface area contributed by atoms with E-state index in [1.54, 1.807) is 0 Å². The number of rotatable bonds is 3. The first-order valence-corrected chi connectivity index (χ1v) is 7.35. The monoisotopic (exact) mass is 236 g/mol. The lowest BCUT2D eigenvalue weighted by Gasteiger charge is -2.27. The molecule has 96 valence electrons. The van der Waals surface area contributed by atoms with Crippen LogP contribution in [0.2, 0.25) is 0 Å². The van der Waals surface area contributed by atoms with Gasteiger partial charge in [-0.15, -0.1) is 0 Å². The van der Waals surface area contributed by atoms with Gasteiger partial charge in [0.25, 0.3) is 0 Å². The van der Waals surface area contributed by atoms with Gasteiger partial charge in [-0.3, -0.25) is 9.69 Å². The second-order valence-corrected chi connectivity index (χ2v) is 6.01. The van der Waals surface area contributed by atoms with Gasteiger partial charge in [0.05, 0.1) is 0 Å². The highest BCUT2D eigenvalue weighted by Gasteiger charge is 2.30. The molecule has 17 heavy (non-hydrogen) atoms. The number of hydrogen-bond acceptors (Lipinski definition) is 2. The van der Waals surface area contributed by atoms with Crippen molar-refractivity contribution in [1.82, 2.24) is 9.80 Å². The molecule has 0 atom stereocenters. The Kier molecular flexibility index (Phi) is 3.37. The maximum atomic E-state index is 12.0. The molecule has 0 radical (unpaired) electrons. The highest BCUT2D eigenvalue weighted by molar-refractivity contribution is 5.76. The first kappa shape index (κ1) is 11.5. The van der Waals surface area contributed by atoms with E-state index >= 15 is 0 Å². The van der Waals surface area contributed by atoms with Crippen molar-refractivity contribution in [3.8, 4) is 0 Å². The maximum Gasteiger partial charge on any atom is 0.223 e. The van der Waals surface area contributed by atoms with E-state index in [2.05, 4.69) is 9.80 Å². The summed E-state index contributed by atoms with van der Waals surface area (Å²) < 4.78 is 0. The number of carbonyl (C=O) groups excluding carboxylic acids is 1. The van der Waals surface area contributed by atoms with Crippen molar-refractivity contribution in [2.45, 2.75) is 51.0 Å². The Labute approximate surface area is 104 Å². The lowest BCUT2D eigenvalue weighted by Crippen LogP contribution is -2.37.